The normalized spacial score (nSPS) is 19.3. The molecule has 0 saturated heterocycles. The van der Waals surface area contributed by atoms with E-state index in [1.165, 1.54) is 15.5 Å². The molecule has 10 heteroatoms. The lowest BCUT2D eigenvalue weighted by Crippen LogP contribution is -2.55. The molecule has 0 radical (unpaired) electrons. The Balaban J connectivity index is 1.71. The summed E-state index contributed by atoms with van der Waals surface area (Å²) in [6.45, 7) is 0. The molecule has 0 aromatic carbocycles. The third-order valence-electron chi connectivity index (χ3n) is 4.98. The smallest absolute Gasteiger partial charge is 0.288 e. The van der Waals surface area contributed by atoms with Crippen molar-refractivity contribution in [3.05, 3.63) is 42.2 Å². The largest absolute Gasteiger partial charge is 0.391 e. The molecule has 1 amide bonds. The molecule has 144 valence electrons. The van der Waals surface area contributed by atoms with Crippen molar-refractivity contribution in [2.75, 3.05) is 5.01 Å². The number of aliphatic hydroxyl groups excluding tert-OH is 1. The molecule has 10 nitrogen and oxygen atoms in total. The monoisotopic (exact) mass is 380 g/mol. The van der Waals surface area contributed by atoms with Crippen molar-refractivity contribution in [1.82, 2.24) is 29.8 Å². The molecular formula is C18H20N8O2. The number of hydrazine groups is 1. The number of amides is 1. The summed E-state index contributed by atoms with van der Waals surface area (Å²) in [6, 6.07) is 5.11. The third-order valence-corrected chi connectivity index (χ3v) is 4.98. The first-order chi connectivity index (χ1) is 13.6. The summed E-state index contributed by atoms with van der Waals surface area (Å²) in [4.78, 5) is 17.0. The number of aryl methyl sites for hydroxylation is 1. The second-order valence-corrected chi connectivity index (χ2v) is 6.84. The van der Waals surface area contributed by atoms with Gasteiger partial charge in [-0.05, 0) is 25.0 Å². The molecule has 0 aliphatic heterocycles. The second kappa shape index (κ2) is 7.28. The van der Waals surface area contributed by atoms with Gasteiger partial charge in [0.15, 0.2) is 5.69 Å². The standard InChI is InChI=1S/C18H20N8O2/c1-24-10-16(13(8-19)22-24)26(14-4-2-3-5-17(14)27)23-18(28)15-7-6-12-9-20-11-21-25(12)15/h6-7,9-11,14,17,27H,2-5H2,1H3,(H,23,28)/t14-,17+/m1/s1. The highest BCUT2D eigenvalue weighted by Gasteiger charge is 2.33. The molecule has 2 atom stereocenters. The molecule has 0 bridgehead atoms. The zero-order valence-corrected chi connectivity index (χ0v) is 15.4. The van der Waals surface area contributed by atoms with Gasteiger partial charge in [0, 0.05) is 7.05 Å². The van der Waals surface area contributed by atoms with Crippen LogP contribution in [0.15, 0.2) is 30.9 Å². The lowest BCUT2D eigenvalue weighted by molar-refractivity contribution is 0.0843. The van der Waals surface area contributed by atoms with E-state index in [9.17, 15) is 15.2 Å². The molecule has 1 saturated carbocycles. The topological polar surface area (TPSA) is 124 Å². The van der Waals surface area contributed by atoms with Crippen molar-refractivity contribution in [2.45, 2.75) is 37.8 Å². The van der Waals surface area contributed by atoms with E-state index in [4.69, 9.17) is 0 Å². The van der Waals surface area contributed by atoms with Crippen LogP contribution >= 0.6 is 0 Å². The van der Waals surface area contributed by atoms with Crippen molar-refractivity contribution >= 4 is 17.1 Å². The Morgan fingerprint density at radius 1 is 1.39 bits per heavy atom. The average Bonchev–Trinajstić information content (AvgIpc) is 3.30. The van der Waals surface area contributed by atoms with Gasteiger partial charge in [0.1, 0.15) is 23.8 Å². The van der Waals surface area contributed by atoms with E-state index in [-0.39, 0.29) is 11.7 Å². The lowest BCUT2D eigenvalue weighted by Gasteiger charge is -2.38. The number of carbonyl (C=O) groups excluding carboxylic acids is 1. The molecule has 2 N–H and O–H groups in total. The van der Waals surface area contributed by atoms with Gasteiger partial charge in [-0.15, -0.1) is 0 Å². The van der Waals surface area contributed by atoms with Gasteiger partial charge < -0.3 is 5.11 Å². The number of carbonyl (C=O) groups is 1. The fourth-order valence-corrected chi connectivity index (χ4v) is 3.65. The van der Waals surface area contributed by atoms with Gasteiger partial charge in [0.05, 0.1) is 30.1 Å². The summed E-state index contributed by atoms with van der Waals surface area (Å²) in [5.41, 5.74) is 4.53. The molecule has 3 aromatic rings. The number of hydrogen-bond donors (Lipinski definition) is 2. The van der Waals surface area contributed by atoms with Crippen LogP contribution in [-0.4, -0.2) is 47.5 Å². The number of nitrogens with zero attached hydrogens (tertiary/aromatic N) is 7. The molecular weight excluding hydrogens is 360 g/mol. The van der Waals surface area contributed by atoms with Gasteiger partial charge in [-0.2, -0.15) is 15.5 Å². The van der Waals surface area contributed by atoms with E-state index < -0.39 is 12.0 Å². The third kappa shape index (κ3) is 3.16. The molecule has 0 unspecified atom stereocenters. The number of nitrogens with one attached hydrogen (secondary N) is 1. The van der Waals surface area contributed by atoms with Crippen molar-refractivity contribution in [3.8, 4) is 6.07 Å². The van der Waals surface area contributed by atoms with Gasteiger partial charge in [-0.25, -0.2) is 9.50 Å². The van der Waals surface area contributed by atoms with E-state index in [0.717, 1.165) is 12.8 Å². The number of hydrogen-bond acceptors (Lipinski definition) is 7. The highest BCUT2D eigenvalue weighted by atomic mass is 16.3. The number of aliphatic hydroxyl groups is 1. The van der Waals surface area contributed by atoms with Crippen molar-refractivity contribution in [3.63, 3.8) is 0 Å². The predicted octanol–water partition coefficient (Wildman–Crippen LogP) is 0.789. The maximum atomic E-state index is 13.0. The molecule has 0 spiro atoms. The Morgan fingerprint density at radius 2 is 2.21 bits per heavy atom. The van der Waals surface area contributed by atoms with Crippen LogP contribution in [0.4, 0.5) is 5.69 Å². The number of nitriles is 1. The van der Waals surface area contributed by atoms with Gasteiger partial charge in [0.25, 0.3) is 5.91 Å². The van der Waals surface area contributed by atoms with Crippen LogP contribution in [0.2, 0.25) is 0 Å². The number of rotatable bonds is 4. The van der Waals surface area contributed by atoms with E-state index in [1.54, 1.807) is 36.6 Å². The molecule has 1 fully saturated rings. The summed E-state index contributed by atoms with van der Waals surface area (Å²) in [5.74, 6) is -0.399. The minimum atomic E-state index is -0.618. The van der Waals surface area contributed by atoms with Crippen molar-refractivity contribution in [1.29, 1.82) is 5.26 Å². The van der Waals surface area contributed by atoms with Gasteiger partial charge in [0.2, 0.25) is 0 Å². The maximum absolute atomic E-state index is 13.0. The zero-order valence-electron chi connectivity index (χ0n) is 15.4. The minimum absolute atomic E-state index is 0.183. The fraction of sp³-hybridized carbons (Fsp3) is 0.389. The number of anilines is 1. The van der Waals surface area contributed by atoms with Crippen LogP contribution in [0, 0.1) is 11.3 Å². The lowest BCUT2D eigenvalue weighted by atomic mass is 9.92. The molecule has 1 aliphatic carbocycles. The first-order valence-electron chi connectivity index (χ1n) is 9.08. The van der Waals surface area contributed by atoms with E-state index >= 15 is 0 Å². The molecule has 1 aliphatic rings. The van der Waals surface area contributed by atoms with Gasteiger partial charge in [-0.3, -0.25) is 19.9 Å². The van der Waals surface area contributed by atoms with Gasteiger partial charge >= 0.3 is 0 Å². The minimum Gasteiger partial charge on any atom is -0.391 e. The van der Waals surface area contributed by atoms with E-state index in [0.29, 0.717) is 29.7 Å². The molecule has 4 rings (SSSR count). The quantitative estimate of drug-likeness (QED) is 0.641. The summed E-state index contributed by atoms with van der Waals surface area (Å²) < 4.78 is 3.01. The number of aromatic nitrogens is 5. The van der Waals surface area contributed by atoms with Crippen LogP contribution in [0.5, 0.6) is 0 Å². The highest BCUT2D eigenvalue weighted by Crippen LogP contribution is 2.28. The average molecular weight is 380 g/mol. The van der Waals surface area contributed by atoms with Crippen LogP contribution in [0.3, 0.4) is 0 Å². The Kier molecular flexibility index (Phi) is 4.67. The molecule has 3 heterocycles. The number of fused-ring (bicyclic) bond motifs is 1. The maximum Gasteiger partial charge on any atom is 0.288 e. The Bertz CT molecular complexity index is 1050. The second-order valence-electron chi connectivity index (χ2n) is 6.84. The van der Waals surface area contributed by atoms with E-state index in [1.807, 2.05) is 0 Å². The van der Waals surface area contributed by atoms with E-state index in [2.05, 4.69) is 26.7 Å². The van der Waals surface area contributed by atoms with Crippen LogP contribution in [0.1, 0.15) is 41.9 Å². The zero-order chi connectivity index (χ0) is 19.7. The Labute approximate surface area is 161 Å². The summed E-state index contributed by atoms with van der Waals surface area (Å²) in [5, 5.41) is 29.9. The fourth-order valence-electron chi connectivity index (χ4n) is 3.65. The van der Waals surface area contributed by atoms with Gasteiger partial charge in [-0.1, -0.05) is 12.8 Å². The SMILES string of the molecule is Cn1cc(N(NC(=O)c2ccc3cncnn23)[C@@H]2CCCC[C@@H]2O)c(C#N)n1. The van der Waals surface area contributed by atoms with Crippen molar-refractivity contribution < 1.29 is 9.90 Å². The van der Waals surface area contributed by atoms with Crippen LogP contribution in [-0.2, 0) is 7.05 Å². The molecule has 3 aromatic heterocycles. The Morgan fingerprint density at radius 3 is 3.00 bits per heavy atom. The highest BCUT2D eigenvalue weighted by molar-refractivity contribution is 5.94. The first kappa shape index (κ1) is 17.9. The Hall–Kier alpha value is -3.45. The van der Waals surface area contributed by atoms with Crippen LogP contribution < -0.4 is 10.4 Å². The first-order valence-corrected chi connectivity index (χ1v) is 9.08. The van der Waals surface area contributed by atoms with Crippen LogP contribution in [0.25, 0.3) is 5.52 Å². The molecule has 28 heavy (non-hydrogen) atoms. The summed E-state index contributed by atoms with van der Waals surface area (Å²) >= 11 is 0. The summed E-state index contributed by atoms with van der Waals surface area (Å²) in [7, 11) is 1.71. The summed E-state index contributed by atoms with van der Waals surface area (Å²) in [6.07, 6.45) is 7.21. The van der Waals surface area contributed by atoms with Crippen molar-refractivity contribution in [2.24, 2.45) is 7.05 Å². The predicted molar refractivity (Wildman–Crippen MR) is 99.1 cm³/mol.